The molecule has 3 aromatic rings. The first-order valence-corrected chi connectivity index (χ1v) is 12.2. The lowest BCUT2D eigenvalue weighted by atomic mass is 9.66. The van der Waals surface area contributed by atoms with E-state index in [9.17, 15) is 4.79 Å². The van der Waals surface area contributed by atoms with Gasteiger partial charge >= 0.3 is 5.97 Å². The highest BCUT2D eigenvalue weighted by atomic mass is 16.5. The Balaban J connectivity index is 1.19. The molecule has 0 heterocycles. The SMILES string of the molecule is O=C(Oc1ccccc1)c1ccc(C#Cc2ccc(C3CCC4CCCCC4C3)cc2)cc1. The molecule has 2 saturated carbocycles. The van der Waals surface area contributed by atoms with Crippen LogP contribution < -0.4 is 4.74 Å². The standard InChI is InChI=1S/C31H30O2/c32-31(33-30-8-2-1-3-9-30)27-18-14-24(15-19-27)11-10-23-12-16-26(17-13-23)29-21-20-25-6-4-5-7-28(25)22-29/h1-3,8-9,12-19,25,28-29H,4-7,20-22H2. The van der Waals surface area contributed by atoms with E-state index in [4.69, 9.17) is 4.74 Å². The summed E-state index contributed by atoms with van der Waals surface area (Å²) in [4.78, 5) is 12.3. The van der Waals surface area contributed by atoms with Crippen LogP contribution in [0.3, 0.4) is 0 Å². The van der Waals surface area contributed by atoms with Crippen LogP contribution in [0.2, 0.25) is 0 Å². The largest absolute Gasteiger partial charge is 0.423 e. The van der Waals surface area contributed by atoms with Gasteiger partial charge in [0.1, 0.15) is 5.75 Å². The normalized spacial score (nSPS) is 21.9. The van der Waals surface area contributed by atoms with Gasteiger partial charge in [0.15, 0.2) is 0 Å². The van der Waals surface area contributed by atoms with Crippen LogP contribution >= 0.6 is 0 Å². The molecule has 2 fully saturated rings. The Morgan fingerprint density at radius 3 is 2.03 bits per heavy atom. The van der Waals surface area contributed by atoms with Crippen molar-refractivity contribution >= 4 is 5.97 Å². The fourth-order valence-electron chi connectivity index (χ4n) is 5.50. The molecule has 3 unspecified atom stereocenters. The number of para-hydroxylation sites is 1. The van der Waals surface area contributed by atoms with Crippen molar-refractivity contribution in [3.05, 3.63) is 101 Å². The van der Waals surface area contributed by atoms with Gasteiger partial charge in [0, 0.05) is 11.1 Å². The average Bonchev–Trinajstić information content (AvgIpc) is 2.88. The molecule has 0 aliphatic heterocycles. The Labute approximate surface area is 197 Å². The summed E-state index contributed by atoms with van der Waals surface area (Å²) in [6.45, 7) is 0. The average molecular weight is 435 g/mol. The minimum absolute atomic E-state index is 0.362. The van der Waals surface area contributed by atoms with Gasteiger partial charge in [-0.25, -0.2) is 4.79 Å². The maximum Gasteiger partial charge on any atom is 0.343 e. The topological polar surface area (TPSA) is 26.3 Å². The second kappa shape index (κ2) is 10.1. The van der Waals surface area contributed by atoms with Gasteiger partial charge in [-0.3, -0.25) is 0 Å². The quantitative estimate of drug-likeness (QED) is 0.244. The summed E-state index contributed by atoms with van der Waals surface area (Å²) < 4.78 is 5.38. The molecule has 166 valence electrons. The van der Waals surface area contributed by atoms with Gasteiger partial charge in [-0.15, -0.1) is 0 Å². The summed E-state index contributed by atoms with van der Waals surface area (Å²) in [7, 11) is 0. The maximum absolute atomic E-state index is 12.3. The predicted molar refractivity (Wildman–Crippen MR) is 132 cm³/mol. The first-order valence-electron chi connectivity index (χ1n) is 12.2. The molecule has 0 amide bonds. The third kappa shape index (κ3) is 5.37. The molecule has 2 aliphatic carbocycles. The molecular formula is C31H30O2. The summed E-state index contributed by atoms with van der Waals surface area (Å²) in [5.41, 5.74) is 3.90. The van der Waals surface area contributed by atoms with E-state index in [1.807, 2.05) is 30.3 Å². The highest BCUT2D eigenvalue weighted by molar-refractivity contribution is 5.91. The number of carbonyl (C=O) groups is 1. The zero-order valence-electron chi connectivity index (χ0n) is 19.0. The van der Waals surface area contributed by atoms with Crippen LogP contribution in [-0.4, -0.2) is 5.97 Å². The highest BCUT2D eigenvalue weighted by Crippen LogP contribution is 2.45. The summed E-state index contributed by atoms with van der Waals surface area (Å²) in [5.74, 6) is 9.31. The number of ether oxygens (including phenoxy) is 1. The van der Waals surface area contributed by atoms with E-state index < -0.39 is 0 Å². The molecular weight excluding hydrogens is 404 g/mol. The lowest BCUT2D eigenvalue weighted by molar-refractivity contribution is 0.0735. The summed E-state index contributed by atoms with van der Waals surface area (Å²) >= 11 is 0. The second-order valence-corrected chi connectivity index (χ2v) is 9.47. The van der Waals surface area contributed by atoms with E-state index in [0.29, 0.717) is 11.3 Å². The van der Waals surface area contributed by atoms with Crippen molar-refractivity contribution in [2.24, 2.45) is 11.8 Å². The van der Waals surface area contributed by atoms with Gasteiger partial charge in [-0.2, -0.15) is 0 Å². The summed E-state index contributed by atoms with van der Waals surface area (Å²) in [6.07, 6.45) is 9.89. The molecule has 0 bridgehead atoms. The lowest BCUT2D eigenvalue weighted by Gasteiger charge is -2.39. The van der Waals surface area contributed by atoms with Crippen molar-refractivity contribution in [3.8, 4) is 17.6 Å². The van der Waals surface area contributed by atoms with E-state index in [0.717, 1.165) is 28.9 Å². The summed E-state index contributed by atoms with van der Waals surface area (Å²) in [6, 6.07) is 25.2. The third-order valence-electron chi connectivity index (χ3n) is 7.35. The van der Waals surface area contributed by atoms with Crippen LogP contribution in [0.4, 0.5) is 0 Å². The fraction of sp³-hybridized carbons (Fsp3) is 0.323. The fourth-order valence-corrected chi connectivity index (χ4v) is 5.50. The van der Waals surface area contributed by atoms with Crippen molar-refractivity contribution in [3.63, 3.8) is 0 Å². The van der Waals surface area contributed by atoms with Crippen LogP contribution in [-0.2, 0) is 0 Å². The molecule has 2 nitrogen and oxygen atoms in total. The zero-order chi connectivity index (χ0) is 22.5. The van der Waals surface area contributed by atoms with Crippen molar-refractivity contribution in [2.75, 3.05) is 0 Å². The Kier molecular flexibility index (Phi) is 6.58. The molecule has 0 aromatic heterocycles. The van der Waals surface area contributed by atoms with E-state index in [-0.39, 0.29) is 5.97 Å². The van der Waals surface area contributed by atoms with Crippen molar-refractivity contribution in [1.29, 1.82) is 0 Å². The number of rotatable bonds is 3. The summed E-state index contributed by atoms with van der Waals surface area (Å²) in [5, 5.41) is 0. The number of carbonyl (C=O) groups excluding carboxylic acids is 1. The van der Waals surface area contributed by atoms with Gasteiger partial charge < -0.3 is 4.74 Å². The Bertz CT molecular complexity index is 1130. The van der Waals surface area contributed by atoms with Gasteiger partial charge in [-0.05, 0) is 91.1 Å². The number of benzene rings is 3. The van der Waals surface area contributed by atoms with Crippen LogP contribution in [0.1, 0.15) is 77.9 Å². The molecule has 3 aromatic carbocycles. The van der Waals surface area contributed by atoms with Crippen molar-refractivity contribution in [1.82, 2.24) is 0 Å². The Morgan fingerprint density at radius 1 is 0.697 bits per heavy atom. The molecule has 0 radical (unpaired) electrons. The van der Waals surface area contributed by atoms with Gasteiger partial charge in [0.2, 0.25) is 0 Å². The van der Waals surface area contributed by atoms with E-state index in [1.165, 1.54) is 50.5 Å². The van der Waals surface area contributed by atoms with Gasteiger partial charge in [0.25, 0.3) is 0 Å². The molecule has 3 atom stereocenters. The van der Waals surface area contributed by atoms with Crippen LogP contribution in [0, 0.1) is 23.7 Å². The highest BCUT2D eigenvalue weighted by Gasteiger charge is 2.32. The van der Waals surface area contributed by atoms with Crippen LogP contribution in [0.5, 0.6) is 5.75 Å². The van der Waals surface area contributed by atoms with E-state index >= 15 is 0 Å². The Morgan fingerprint density at radius 2 is 1.33 bits per heavy atom. The monoisotopic (exact) mass is 434 g/mol. The van der Waals surface area contributed by atoms with Crippen LogP contribution in [0.15, 0.2) is 78.9 Å². The number of hydrogen-bond acceptors (Lipinski definition) is 2. The number of esters is 1. The second-order valence-electron chi connectivity index (χ2n) is 9.47. The lowest BCUT2D eigenvalue weighted by Crippen LogP contribution is -2.26. The van der Waals surface area contributed by atoms with Crippen molar-refractivity contribution in [2.45, 2.75) is 50.9 Å². The van der Waals surface area contributed by atoms with Gasteiger partial charge in [-0.1, -0.05) is 67.9 Å². The smallest absolute Gasteiger partial charge is 0.343 e. The molecule has 5 rings (SSSR count). The molecule has 0 spiro atoms. The molecule has 0 N–H and O–H groups in total. The predicted octanol–water partition coefficient (Wildman–Crippen LogP) is 7.38. The minimum Gasteiger partial charge on any atom is -0.423 e. The first kappa shape index (κ1) is 21.5. The zero-order valence-corrected chi connectivity index (χ0v) is 19.0. The number of hydrogen-bond donors (Lipinski definition) is 0. The first-order chi connectivity index (χ1) is 16.2. The minimum atomic E-state index is -0.362. The van der Waals surface area contributed by atoms with Crippen LogP contribution in [0.25, 0.3) is 0 Å². The van der Waals surface area contributed by atoms with E-state index in [2.05, 4.69) is 36.1 Å². The van der Waals surface area contributed by atoms with Crippen molar-refractivity contribution < 1.29 is 9.53 Å². The maximum atomic E-state index is 12.3. The molecule has 2 aliphatic rings. The Hall–Kier alpha value is -3.31. The third-order valence-corrected chi connectivity index (χ3v) is 7.35. The molecule has 2 heteroatoms. The number of fused-ring (bicyclic) bond motifs is 1. The van der Waals surface area contributed by atoms with Gasteiger partial charge in [0.05, 0.1) is 5.56 Å². The molecule has 33 heavy (non-hydrogen) atoms. The molecule has 0 saturated heterocycles. The van der Waals surface area contributed by atoms with E-state index in [1.54, 1.807) is 24.3 Å².